The Labute approximate surface area is 364 Å². The molecular formula is C45H60N5O11P. The maximum atomic E-state index is 14.1. The molecule has 3 aliphatic rings. The molecule has 0 N–H and O–H groups in total. The molecule has 0 saturated carbocycles. The zero-order valence-electron chi connectivity index (χ0n) is 37.4. The minimum atomic E-state index is -1.81. The first-order valence-electron chi connectivity index (χ1n) is 21.1. The molecule has 16 nitrogen and oxygen atoms in total. The van der Waals surface area contributed by atoms with Gasteiger partial charge in [0.2, 0.25) is 0 Å². The number of likely N-dealkylation sites (N-methyl/N-ethyl adjacent to an activating group) is 1. The van der Waals surface area contributed by atoms with Gasteiger partial charge in [0.15, 0.2) is 12.0 Å². The SMILES string of the molecule is CCN(CC)C1C=CC2=C(CC(=O)C=C2COC(=O)OC[C@H]2O[C@@H](n3cc(C)c(=O)n(C(=O)c4ccc(C(C)(C)C)cc4)c3=O)C[C@@H]2OP(OCCC#N)N(C(C)C)C(C)C)O1. The fourth-order valence-corrected chi connectivity index (χ4v) is 9.28. The molecule has 17 heteroatoms. The largest absolute Gasteiger partial charge is 0.508 e. The van der Waals surface area contributed by atoms with Crippen molar-refractivity contribution in [3.63, 3.8) is 0 Å². The average Bonchev–Trinajstić information content (AvgIpc) is 3.62. The van der Waals surface area contributed by atoms with Crippen LogP contribution in [0.4, 0.5) is 4.79 Å². The van der Waals surface area contributed by atoms with Crippen LogP contribution < -0.4 is 11.2 Å². The Morgan fingerprint density at radius 3 is 2.32 bits per heavy atom. The minimum absolute atomic E-state index is 0.0340. The van der Waals surface area contributed by atoms with E-state index in [9.17, 15) is 29.2 Å². The van der Waals surface area contributed by atoms with Crippen molar-refractivity contribution in [2.75, 3.05) is 32.9 Å². The molecule has 1 aromatic carbocycles. The fraction of sp³-hybridized carbons (Fsp3) is 0.556. The van der Waals surface area contributed by atoms with E-state index in [1.165, 1.54) is 23.8 Å². The number of ether oxygens (including phenoxy) is 4. The predicted octanol–water partition coefficient (Wildman–Crippen LogP) is 6.81. The summed E-state index contributed by atoms with van der Waals surface area (Å²) in [5.41, 5.74) is 0.532. The molecule has 5 atom stereocenters. The maximum absolute atomic E-state index is 14.1. The van der Waals surface area contributed by atoms with Crippen molar-refractivity contribution < 1.29 is 42.4 Å². The second-order valence-electron chi connectivity index (χ2n) is 16.9. The predicted molar refractivity (Wildman–Crippen MR) is 232 cm³/mol. The first-order valence-corrected chi connectivity index (χ1v) is 22.3. The topological polar surface area (TPSA) is 181 Å². The molecule has 1 aliphatic carbocycles. The number of hydrogen-bond acceptors (Lipinski definition) is 14. The lowest BCUT2D eigenvalue weighted by atomic mass is 9.87. The van der Waals surface area contributed by atoms with Gasteiger partial charge in [-0.3, -0.25) is 23.9 Å². The van der Waals surface area contributed by atoms with Crippen LogP contribution in [0.2, 0.25) is 0 Å². The van der Waals surface area contributed by atoms with E-state index in [-0.39, 0.29) is 79.7 Å². The van der Waals surface area contributed by atoms with E-state index in [2.05, 4.69) is 11.0 Å². The van der Waals surface area contributed by atoms with Crippen LogP contribution in [0.15, 0.2) is 75.2 Å². The molecule has 336 valence electrons. The number of carbonyl (C=O) groups excluding carboxylic acids is 3. The van der Waals surface area contributed by atoms with Gasteiger partial charge in [-0.25, -0.2) is 14.3 Å². The number of carbonyl (C=O) groups is 3. The summed E-state index contributed by atoms with van der Waals surface area (Å²) in [4.78, 5) is 69.4. The van der Waals surface area contributed by atoms with E-state index < -0.39 is 50.3 Å². The Hall–Kier alpha value is -4.75. The summed E-state index contributed by atoms with van der Waals surface area (Å²) in [5.74, 6) is -0.463. The highest BCUT2D eigenvalue weighted by atomic mass is 31.2. The van der Waals surface area contributed by atoms with E-state index in [4.69, 9.17) is 28.0 Å². The molecule has 0 amide bonds. The lowest BCUT2D eigenvalue weighted by Crippen LogP contribution is -2.45. The average molecular weight is 878 g/mol. The highest BCUT2D eigenvalue weighted by Gasteiger charge is 2.43. The maximum Gasteiger partial charge on any atom is 0.508 e. The Bertz CT molecular complexity index is 2200. The van der Waals surface area contributed by atoms with Crippen molar-refractivity contribution in [1.82, 2.24) is 18.7 Å². The molecule has 0 spiro atoms. The third-order valence-corrected chi connectivity index (χ3v) is 12.9. The van der Waals surface area contributed by atoms with Crippen LogP contribution in [-0.4, -0.2) is 100.0 Å². The summed E-state index contributed by atoms with van der Waals surface area (Å²) < 4.78 is 40.3. The van der Waals surface area contributed by atoms with E-state index in [1.807, 2.05) is 79.1 Å². The molecule has 5 rings (SSSR count). The zero-order chi connectivity index (χ0) is 45.5. The number of nitrogens with zero attached hydrogens (tertiary/aromatic N) is 5. The van der Waals surface area contributed by atoms with Gasteiger partial charge in [0.25, 0.3) is 20.0 Å². The van der Waals surface area contributed by atoms with Crippen molar-refractivity contribution in [1.29, 1.82) is 5.26 Å². The Morgan fingerprint density at radius 1 is 1.03 bits per heavy atom. The van der Waals surface area contributed by atoms with Crippen LogP contribution in [-0.2, 0) is 38.2 Å². The Kier molecular flexibility index (Phi) is 16.4. The smallest absolute Gasteiger partial charge is 0.475 e. The molecule has 0 bridgehead atoms. The van der Waals surface area contributed by atoms with Gasteiger partial charge >= 0.3 is 11.8 Å². The lowest BCUT2D eigenvalue weighted by Gasteiger charge is -2.37. The molecule has 1 fully saturated rings. The molecule has 2 unspecified atom stereocenters. The molecule has 3 heterocycles. The summed E-state index contributed by atoms with van der Waals surface area (Å²) in [5, 5.41) is 9.27. The van der Waals surface area contributed by atoms with Crippen LogP contribution in [0.5, 0.6) is 0 Å². The van der Waals surface area contributed by atoms with Crippen LogP contribution in [0.3, 0.4) is 0 Å². The first-order chi connectivity index (χ1) is 29.4. The number of benzene rings is 1. The number of ketones is 1. The lowest BCUT2D eigenvalue weighted by molar-refractivity contribution is -0.115. The molecule has 0 radical (unpaired) electrons. The van der Waals surface area contributed by atoms with E-state index in [0.717, 1.165) is 18.7 Å². The minimum Gasteiger partial charge on any atom is -0.475 e. The number of aromatic nitrogens is 2. The number of aryl methyl sites for hydroxylation is 1. The van der Waals surface area contributed by atoms with Gasteiger partial charge in [0, 0.05) is 47.0 Å². The standard InChI is InChI=1S/C45H60N5O11P/c1-11-47(12-2)39-19-18-35-32(22-34(51)23-36(35)59-39)26-56-44(55)57-27-38-37(61-62(58-21-13-20-46)50(28(3)4)29(5)6)24-40(60-38)48-25-30(7)41(52)49(43(48)54)42(53)31-14-16-33(17-15-31)45(8,9)10/h14-19,22,25,28-29,37-40H,11-13,21,23-24,26-27H2,1-10H3/t37-,38+,39?,40+,62?/m0/s1. The van der Waals surface area contributed by atoms with Gasteiger partial charge in [-0.05, 0) is 83.0 Å². The summed E-state index contributed by atoms with van der Waals surface area (Å²) in [6.45, 7) is 20.6. The molecule has 2 aromatic rings. The summed E-state index contributed by atoms with van der Waals surface area (Å²) >= 11 is 0. The number of allylic oxidation sites excluding steroid dienone is 3. The molecular weight excluding hydrogens is 817 g/mol. The second kappa shape index (κ2) is 21.1. The molecule has 2 aliphatic heterocycles. The van der Waals surface area contributed by atoms with Crippen LogP contribution >= 0.6 is 8.53 Å². The van der Waals surface area contributed by atoms with Crippen molar-refractivity contribution in [2.45, 2.75) is 131 Å². The summed E-state index contributed by atoms with van der Waals surface area (Å²) in [7, 11) is -1.81. The Balaban J connectivity index is 1.39. The van der Waals surface area contributed by atoms with E-state index in [1.54, 1.807) is 24.3 Å². The van der Waals surface area contributed by atoms with E-state index in [0.29, 0.717) is 21.5 Å². The second-order valence-corrected chi connectivity index (χ2v) is 18.3. The first kappa shape index (κ1) is 48.3. The highest BCUT2D eigenvalue weighted by Crippen LogP contribution is 2.50. The quantitative estimate of drug-likeness (QED) is 0.0918. The highest BCUT2D eigenvalue weighted by molar-refractivity contribution is 7.44. The van der Waals surface area contributed by atoms with Crippen molar-refractivity contribution in [3.05, 3.63) is 103 Å². The fourth-order valence-electron chi connectivity index (χ4n) is 7.52. The molecule has 1 aromatic heterocycles. The van der Waals surface area contributed by atoms with Gasteiger partial charge in [-0.1, -0.05) is 52.8 Å². The summed E-state index contributed by atoms with van der Waals surface area (Å²) in [6.07, 6.45) is 2.56. The third-order valence-electron chi connectivity index (χ3n) is 10.8. The molecule has 1 saturated heterocycles. The molecule has 62 heavy (non-hydrogen) atoms. The number of nitriles is 1. The van der Waals surface area contributed by atoms with E-state index >= 15 is 0 Å². The summed E-state index contributed by atoms with van der Waals surface area (Å²) in [6, 6.07) is 8.79. The van der Waals surface area contributed by atoms with Crippen LogP contribution in [0.1, 0.15) is 109 Å². The van der Waals surface area contributed by atoms with Crippen molar-refractivity contribution in [3.8, 4) is 6.07 Å². The third kappa shape index (κ3) is 11.4. The van der Waals surface area contributed by atoms with Gasteiger partial charge < -0.3 is 28.0 Å². The monoisotopic (exact) mass is 877 g/mol. The van der Waals surface area contributed by atoms with Gasteiger partial charge in [0.05, 0.1) is 31.6 Å². The van der Waals surface area contributed by atoms with Crippen LogP contribution in [0.25, 0.3) is 0 Å². The van der Waals surface area contributed by atoms with Crippen molar-refractivity contribution >= 4 is 26.4 Å². The van der Waals surface area contributed by atoms with Gasteiger partial charge in [0.1, 0.15) is 31.3 Å². The normalized spacial score (nSPS) is 20.7. The number of rotatable bonds is 17. The van der Waals surface area contributed by atoms with Crippen molar-refractivity contribution in [2.24, 2.45) is 0 Å². The van der Waals surface area contributed by atoms with Gasteiger partial charge in [-0.15, -0.1) is 0 Å². The van der Waals surface area contributed by atoms with Crippen LogP contribution in [0, 0.1) is 18.3 Å². The Morgan fingerprint density at radius 2 is 1.71 bits per heavy atom. The zero-order valence-corrected chi connectivity index (χ0v) is 38.3. The van der Waals surface area contributed by atoms with Gasteiger partial charge in [-0.2, -0.15) is 9.83 Å². The number of hydrogen-bond donors (Lipinski definition) is 0.